The van der Waals surface area contributed by atoms with Crippen LogP contribution in [0.1, 0.15) is 16.7 Å². The molecule has 3 aromatic carbocycles. The number of rotatable bonds is 14. The van der Waals surface area contributed by atoms with E-state index in [9.17, 15) is 24.0 Å². The van der Waals surface area contributed by atoms with Gasteiger partial charge in [0.05, 0.1) is 20.2 Å². The van der Waals surface area contributed by atoms with Crippen molar-refractivity contribution in [1.29, 1.82) is 0 Å². The lowest BCUT2D eigenvalue weighted by Crippen LogP contribution is -2.51. The molecule has 2 unspecified atom stereocenters. The van der Waals surface area contributed by atoms with Gasteiger partial charge >= 0.3 is 12.1 Å². The largest absolute Gasteiger partial charge is 0.467 e. The summed E-state index contributed by atoms with van der Waals surface area (Å²) in [5.41, 5.74) is 2.40. The predicted octanol–water partition coefficient (Wildman–Crippen LogP) is 1.66. The van der Waals surface area contributed by atoms with E-state index in [1.54, 1.807) is 24.3 Å². The monoisotopic (exact) mass is 574 g/mol. The molecular formula is C31H34N4O7. The Balaban J connectivity index is 1.49. The predicted molar refractivity (Wildman–Crippen MR) is 154 cm³/mol. The number of methoxy groups -OCH3 is 1. The maximum absolute atomic E-state index is 12.9. The van der Waals surface area contributed by atoms with Crippen LogP contribution in [-0.4, -0.2) is 62.1 Å². The van der Waals surface area contributed by atoms with Crippen LogP contribution in [0.4, 0.5) is 4.79 Å². The van der Waals surface area contributed by atoms with Crippen molar-refractivity contribution in [2.75, 3.05) is 20.2 Å². The fourth-order valence-corrected chi connectivity index (χ4v) is 3.93. The number of hydrogen-bond acceptors (Lipinski definition) is 7. The van der Waals surface area contributed by atoms with Crippen LogP contribution in [0.3, 0.4) is 0 Å². The minimum atomic E-state index is -1.02. The van der Waals surface area contributed by atoms with Crippen molar-refractivity contribution < 1.29 is 33.4 Å². The van der Waals surface area contributed by atoms with Crippen LogP contribution in [0.5, 0.6) is 0 Å². The Kier molecular flexibility index (Phi) is 12.5. The lowest BCUT2D eigenvalue weighted by molar-refractivity contribution is -0.145. The number of ether oxygens (including phenoxy) is 2. The van der Waals surface area contributed by atoms with E-state index in [1.807, 2.05) is 66.7 Å². The Morgan fingerprint density at radius 1 is 0.619 bits per heavy atom. The summed E-state index contributed by atoms with van der Waals surface area (Å²) < 4.78 is 10.0. The van der Waals surface area contributed by atoms with Gasteiger partial charge in [-0.1, -0.05) is 91.0 Å². The zero-order valence-corrected chi connectivity index (χ0v) is 23.2. The van der Waals surface area contributed by atoms with Gasteiger partial charge < -0.3 is 30.7 Å². The summed E-state index contributed by atoms with van der Waals surface area (Å²) in [5.74, 6) is -2.47. The first-order valence-electron chi connectivity index (χ1n) is 13.3. The molecule has 0 aliphatic rings. The molecular weight excluding hydrogens is 540 g/mol. The van der Waals surface area contributed by atoms with Crippen LogP contribution in [0.2, 0.25) is 0 Å². The first-order valence-corrected chi connectivity index (χ1v) is 13.3. The molecule has 11 heteroatoms. The Morgan fingerprint density at radius 3 is 1.67 bits per heavy atom. The second-order valence-corrected chi connectivity index (χ2v) is 9.28. The van der Waals surface area contributed by atoms with Crippen LogP contribution in [0, 0.1) is 0 Å². The molecule has 0 aliphatic carbocycles. The molecule has 0 radical (unpaired) electrons. The molecule has 0 spiro atoms. The second-order valence-electron chi connectivity index (χ2n) is 9.28. The summed E-state index contributed by atoms with van der Waals surface area (Å²) in [7, 11) is 1.22. The Bertz CT molecular complexity index is 1320. The first kappa shape index (κ1) is 31.3. The fourth-order valence-electron chi connectivity index (χ4n) is 3.93. The van der Waals surface area contributed by atoms with Crippen molar-refractivity contribution in [1.82, 2.24) is 21.3 Å². The summed E-state index contributed by atoms with van der Waals surface area (Å²) in [6.07, 6.45) is -0.410. The molecule has 4 N–H and O–H groups in total. The maximum Gasteiger partial charge on any atom is 0.408 e. The average molecular weight is 575 g/mol. The molecule has 3 rings (SSSR count). The number of hydrogen-bond donors (Lipinski definition) is 4. The Morgan fingerprint density at radius 2 is 1.12 bits per heavy atom. The molecule has 2 atom stereocenters. The molecule has 11 nitrogen and oxygen atoms in total. The smallest absolute Gasteiger partial charge is 0.408 e. The summed E-state index contributed by atoms with van der Waals surface area (Å²) in [6.45, 7) is -0.837. The number of nitrogens with one attached hydrogen (secondary N) is 4. The molecule has 3 aromatic rings. The standard InChI is InChI=1S/C31H34N4O7/c1-41-30(39)26(18-23-13-7-3-8-14-23)34-28(37)20-32-27(36)19-33-29(38)25(17-22-11-5-2-6-12-22)35-31(40)42-21-24-15-9-4-10-16-24/h2-16,25-26H,17-21H2,1H3,(H,32,36)(H,33,38)(H,34,37)(H,35,40). The lowest BCUT2D eigenvalue weighted by Gasteiger charge is -2.19. The van der Waals surface area contributed by atoms with E-state index in [-0.39, 0.29) is 19.4 Å². The lowest BCUT2D eigenvalue weighted by atomic mass is 10.1. The van der Waals surface area contributed by atoms with Crippen molar-refractivity contribution in [3.05, 3.63) is 108 Å². The number of carbonyl (C=O) groups is 5. The normalized spacial score (nSPS) is 11.7. The van der Waals surface area contributed by atoms with Crippen molar-refractivity contribution in [3.63, 3.8) is 0 Å². The number of benzene rings is 3. The van der Waals surface area contributed by atoms with Crippen LogP contribution in [0.25, 0.3) is 0 Å². The Labute approximate surface area is 244 Å². The van der Waals surface area contributed by atoms with E-state index < -0.39 is 55.0 Å². The summed E-state index contributed by atoms with van der Waals surface area (Å²) in [6, 6.07) is 25.3. The highest BCUT2D eigenvalue weighted by Gasteiger charge is 2.24. The highest BCUT2D eigenvalue weighted by atomic mass is 16.5. The van der Waals surface area contributed by atoms with Crippen molar-refractivity contribution in [2.45, 2.75) is 31.5 Å². The first-order chi connectivity index (χ1) is 20.3. The van der Waals surface area contributed by atoms with E-state index in [1.165, 1.54) is 7.11 Å². The third-order valence-corrected chi connectivity index (χ3v) is 6.08. The molecule has 0 bridgehead atoms. The zero-order chi connectivity index (χ0) is 30.2. The molecule has 0 fully saturated rings. The van der Waals surface area contributed by atoms with Crippen molar-refractivity contribution in [3.8, 4) is 0 Å². The van der Waals surface area contributed by atoms with Crippen molar-refractivity contribution in [2.24, 2.45) is 0 Å². The number of esters is 1. The van der Waals surface area contributed by atoms with Crippen LogP contribution in [-0.2, 0) is 48.1 Å². The van der Waals surface area contributed by atoms with Gasteiger partial charge in [-0.3, -0.25) is 14.4 Å². The molecule has 220 valence electrons. The SMILES string of the molecule is COC(=O)C(Cc1ccccc1)NC(=O)CNC(=O)CNC(=O)C(Cc1ccccc1)NC(=O)OCc1ccccc1. The van der Waals surface area contributed by atoms with Gasteiger partial charge in [0.1, 0.15) is 18.7 Å². The summed E-state index contributed by atoms with van der Waals surface area (Å²) in [5, 5.41) is 9.99. The van der Waals surface area contributed by atoms with Gasteiger partial charge in [-0.25, -0.2) is 9.59 Å². The quantitative estimate of drug-likeness (QED) is 0.214. The average Bonchev–Trinajstić information content (AvgIpc) is 3.02. The third kappa shape index (κ3) is 11.1. The third-order valence-electron chi connectivity index (χ3n) is 6.08. The highest BCUT2D eigenvalue weighted by Crippen LogP contribution is 2.06. The molecule has 4 amide bonds. The van der Waals surface area contributed by atoms with E-state index in [0.29, 0.717) is 0 Å². The summed E-state index contributed by atoms with van der Waals surface area (Å²) >= 11 is 0. The minimum absolute atomic E-state index is 0.0268. The van der Waals surface area contributed by atoms with Gasteiger partial charge in [-0.2, -0.15) is 0 Å². The zero-order valence-electron chi connectivity index (χ0n) is 23.2. The maximum atomic E-state index is 12.9. The second kappa shape index (κ2) is 16.8. The molecule has 42 heavy (non-hydrogen) atoms. The van der Waals surface area contributed by atoms with Gasteiger partial charge in [-0.05, 0) is 16.7 Å². The molecule has 0 aromatic heterocycles. The van der Waals surface area contributed by atoms with E-state index in [0.717, 1.165) is 16.7 Å². The van der Waals surface area contributed by atoms with Gasteiger partial charge in [0.2, 0.25) is 17.7 Å². The van der Waals surface area contributed by atoms with E-state index in [2.05, 4.69) is 21.3 Å². The van der Waals surface area contributed by atoms with Gasteiger partial charge in [0.15, 0.2) is 0 Å². The molecule has 0 aliphatic heterocycles. The highest BCUT2D eigenvalue weighted by molar-refractivity contribution is 5.92. The van der Waals surface area contributed by atoms with E-state index in [4.69, 9.17) is 9.47 Å². The fraction of sp³-hybridized carbons (Fsp3) is 0.258. The van der Waals surface area contributed by atoms with Crippen LogP contribution < -0.4 is 21.3 Å². The topological polar surface area (TPSA) is 152 Å². The minimum Gasteiger partial charge on any atom is -0.467 e. The van der Waals surface area contributed by atoms with Gasteiger partial charge in [-0.15, -0.1) is 0 Å². The number of alkyl carbamates (subject to hydrolysis) is 1. The molecule has 0 heterocycles. The Hall–Kier alpha value is -5.19. The summed E-state index contributed by atoms with van der Waals surface area (Å²) in [4.78, 5) is 62.3. The number of amides is 4. The van der Waals surface area contributed by atoms with E-state index >= 15 is 0 Å². The van der Waals surface area contributed by atoms with Crippen LogP contribution >= 0.6 is 0 Å². The number of carbonyl (C=O) groups excluding carboxylic acids is 5. The van der Waals surface area contributed by atoms with Crippen molar-refractivity contribution >= 4 is 29.8 Å². The van der Waals surface area contributed by atoms with Gasteiger partial charge in [0, 0.05) is 12.8 Å². The molecule has 0 saturated carbocycles. The van der Waals surface area contributed by atoms with Gasteiger partial charge in [0.25, 0.3) is 0 Å². The van der Waals surface area contributed by atoms with Crippen LogP contribution in [0.15, 0.2) is 91.0 Å². The molecule has 0 saturated heterocycles.